The van der Waals surface area contributed by atoms with Gasteiger partial charge >= 0.3 is 0 Å². The normalized spacial score (nSPS) is 30.4. The molecule has 26 heavy (non-hydrogen) atoms. The number of nitrogens with zero attached hydrogens (tertiary/aromatic N) is 3. The highest BCUT2D eigenvalue weighted by atomic mass is 32.1. The van der Waals surface area contributed by atoms with Crippen LogP contribution < -0.4 is 5.32 Å². The Morgan fingerprint density at radius 2 is 2.15 bits per heavy atom. The maximum atomic E-state index is 6.04. The second-order valence-corrected chi connectivity index (χ2v) is 9.35. The Labute approximate surface area is 159 Å². The van der Waals surface area contributed by atoms with Crippen molar-refractivity contribution in [3.8, 4) is 0 Å². The standard InChI is InChI=1S/C19H28N4O2S/c1-18(2)7-4-16(23-24-3)19(12-18)10-14(22-25-19)15-11-26-17(21-15)13-5-8-20-9-6-13/h11,13,20H,4-10,12H2,1-3H3. The molecule has 6 nitrogen and oxygen atoms in total. The molecular weight excluding hydrogens is 348 g/mol. The van der Waals surface area contributed by atoms with E-state index >= 15 is 0 Å². The summed E-state index contributed by atoms with van der Waals surface area (Å²) in [6.07, 6.45) is 5.94. The van der Waals surface area contributed by atoms with Crippen LogP contribution >= 0.6 is 11.3 Å². The van der Waals surface area contributed by atoms with Crippen LogP contribution in [0.1, 0.15) is 69.0 Å². The van der Waals surface area contributed by atoms with E-state index in [1.807, 2.05) is 0 Å². The molecule has 1 aromatic heterocycles. The third kappa shape index (κ3) is 3.39. The van der Waals surface area contributed by atoms with E-state index in [4.69, 9.17) is 14.7 Å². The highest BCUT2D eigenvalue weighted by molar-refractivity contribution is 7.10. The highest BCUT2D eigenvalue weighted by Gasteiger charge is 2.51. The molecule has 4 rings (SSSR count). The molecular formula is C19H28N4O2S. The monoisotopic (exact) mass is 376 g/mol. The topological polar surface area (TPSA) is 68.1 Å². The predicted molar refractivity (Wildman–Crippen MR) is 104 cm³/mol. The van der Waals surface area contributed by atoms with Gasteiger partial charge in [-0.3, -0.25) is 0 Å². The second kappa shape index (κ2) is 6.93. The van der Waals surface area contributed by atoms with E-state index in [1.165, 1.54) is 17.8 Å². The first-order valence-electron chi connectivity index (χ1n) is 9.53. The van der Waals surface area contributed by atoms with Gasteiger partial charge in [0.2, 0.25) is 0 Å². The third-order valence-corrected chi connectivity index (χ3v) is 6.83. The zero-order chi connectivity index (χ0) is 18.2. The summed E-state index contributed by atoms with van der Waals surface area (Å²) < 4.78 is 0. The maximum absolute atomic E-state index is 6.04. The molecule has 2 aliphatic heterocycles. The van der Waals surface area contributed by atoms with Crippen molar-refractivity contribution >= 4 is 22.8 Å². The lowest BCUT2D eigenvalue weighted by Crippen LogP contribution is -2.47. The van der Waals surface area contributed by atoms with Crippen LogP contribution in [0.15, 0.2) is 15.7 Å². The van der Waals surface area contributed by atoms with Crippen LogP contribution in [0.3, 0.4) is 0 Å². The molecule has 1 saturated heterocycles. The number of nitrogens with one attached hydrogen (secondary N) is 1. The van der Waals surface area contributed by atoms with Gasteiger partial charge in [0.25, 0.3) is 0 Å². The van der Waals surface area contributed by atoms with Crippen molar-refractivity contribution in [2.45, 2.75) is 63.9 Å². The van der Waals surface area contributed by atoms with E-state index in [0.717, 1.165) is 55.9 Å². The van der Waals surface area contributed by atoms with E-state index in [0.29, 0.717) is 5.92 Å². The van der Waals surface area contributed by atoms with Gasteiger partial charge in [0.1, 0.15) is 18.5 Å². The van der Waals surface area contributed by atoms with Gasteiger partial charge in [-0.05, 0) is 44.2 Å². The third-order valence-electron chi connectivity index (χ3n) is 5.82. The first-order chi connectivity index (χ1) is 12.5. The van der Waals surface area contributed by atoms with Crippen LogP contribution in [0.4, 0.5) is 0 Å². The maximum Gasteiger partial charge on any atom is 0.185 e. The molecule has 1 atom stereocenters. The Balaban J connectivity index is 1.53. The van der Waals surface area contributed by atoms with Crippen LogP contribution in [0, 0.1) is 5.41 Å². The molecule has 142 valence electrons. The van der Waals surface area contributed by atoms with Crippen molar-refractivity contribution in [1.29, 1.82) is 0 Å². The smallest absolute Gasteiger partial charge is 0.185 e. The van der Waals surface area contributed by atoms with Crippen molar-refractivity contribution in [2.75, 3.05) is 20.2 Å². The summed E-state index contributed by atoms with van der Waals surface area (Å²) in [5.74, 6) is 0.575. The molecule has 0 bridgehead atoms. The molecule has 1 aliphatic carbocycles. The number of oxime groups is 2. The van der Waals surface area contributed by atoms with E-state index in [9.17, 15) is 0 Å². The van der Waals surface area contributed by atoms with Gasteiger partial charge in [-0.25, -0.2) is 4.98 Å². The van der Waals surface area contributed by atoms with Gasteiger partial charge in [0.15, 0.2) is 5.60 Å². The fraction of sp³-hybridized carbons (Fsp3) is 0.737. The zero-order valence-corrected chi connectivity index (χ0v) is 16.7. The molecule has 3 heterocycles. The Morgan fingerprint density at radius 3 is 2.92 bits per heavy atom. The second-order valence-electron chi connectivity index (χ2n) is 8.46. The molecule has 1 unspecified atom stereocenters. The van der Waals surface area contributed by atoms with E-state index in [2.05, 4.69) is 34.9 Å². The molecule has 7 heteroatoms. The Hall–Kier alpha value is -1.47. The summed E-state index contributed by atoms with van der Waals surface area (Å²) >= 11 is 1.76. The van der Waals surface area contributed by atoms with Gasteiger partial charge < -0.3 is 15.0 Å². The Morgan fingerprint density at radius 1 is 1.35 bits per heavy atom. The van der Waals surface area contributed by atoms with Crippen molar-refractivity contribution in [3.63, 3.8) is 0 Å². The molecule has 0 amide bonds. The van der Waals surface area contributed by atoms with Gasteiger partial charge in [0, 0.05) is 24.1 Å². The number of rotatable bonds is 3. The average molecular weight is 377 g/mol. The lowest BCUT2D eigenvalue weighted by molar-refractivity contribution is -0.0124. The van der Waals surface area contributed by atoms with E-state index in [1.54, 1.807) is 18.4 Å². The fourth-order valence-electron chi connectivity index (χ4n) is 4.43. The van der Waals surface area contributed by atoms with Gasteiger partial charge in [-0.1, -0.05) is 24.2 Å². The number of hydrogen-bond acceptors (Lipinski definition) is 7. The van der Waals surface area contributed by atoms with Crippen LogP contribution in [-0.2, 0) is 9.68 Å². The molecule has 3 aliphatic rings. The van der Waals surface area contributed by atoms with Crippen molar-refractivity contribution < 1.29 is 9.68 Å². The first kappa shape index (κ1) is 17.9. The first-order valence-corrected chi connectivity index (χ1v) is 10.4. The van der Waals surface area contributed by atoms with Crippen molar-refractivity contribution in [3.05, 3.63) is 16.1 Å². The molecule has 1 aromatic rings. The molecule has 0 radical (unpaired) electrons. The van der Waals surface area contributed by atoms with E-state index in [-0.39, 0.29) is 5.41 Å². The molecule has 1 spiro atoms. The minimum Gasteiger partial charge on any atom is -0.399 e. The van der Waals surface area contributed by atoms with Crippen LogP contribution in [0.25, 0.3) is 0 Å². The average Bonchev–Trinajstić information content (AvgIpc) is 3.26. The van der Waals surface area contributed by atoms with Gasteiger partial charge in [-0.15, -0.1) is 11.3 Å². The Kier molecular flexibility index (Phi) is 4.77. The summed E-state index contributed by atoms with van der Waals surface area (Å²) in [6.45, 7) is 6.74. The number of aromatic nitrogens is 1. The summed E-state index contributed by atoms with van der Waals surface area (Å²) in [5.41, 5.74) is 2.64. The van der Waals surface area contributed by atoms with E-state index < -0.39 is 5.60 Å². The quantitative estimate of drug-likeness (QED) is 0.817. The summed E-state index contributed by atoms with van der Waals surface area (Å²) in [4.78, 5) is 16.0. The highest BCUT2D eigenvalue weighted by Crippen LogP contribution is 2.46. The fourth-order valence-corrected chi connectivity index (χ4v) is 5.43. The lowest BCUT2D eigenvalue weighted by Gasteiger charge is -2.40. The minimum atomic E-state index is -0.467. The van der Waals surface area contributed by atoms with Gasteiger partial charge in [-0.2, -0.15) is 0 Å². The molecule has 0 aromatic carbocycles. The number of hydrogen-bond donors (Lipinski definition) is 1. The summed E-state index contributed by atoms with van der Waals surface area (Å²) in [5, 5.41) is 15.5. The number of thiazole rings is 1. The molecule has 1 N–H and O–H groups in total. The SMILES string of the molecule is CON=C1CCC(C)(C)CC12CC(c1csc(C3CCNCC3)n1)=NO2. The zero-order valence-electron chi connectivity index (χ0n) is 15.9. The minimum absolute atomic E-state index is 0.208. The van der Waals surface area contributed by atoms with Crippen LogP contribution in [0.5, 0.6) is 0 Å². The molecule has 2 fully saturated rings. The summed E-state index contributed by atoms with van der Waals surface area (Å²) in [7, 11) is 1.60. The number of piperidine rings is 1. The summed E-state index contributed by atoms with van der Waals surface area (Å²) in [6, 6.07) is 0. The van der Waals surface area contributed by atoms with Crippen molar-refractivity contribution in [2.24, 2.45) is 15.7 Å². The van der Waals surface area contributed by atoms with Crippen LogP contribution in [-0.4, -0.2) is 42.2 Å². The largest absolute Gasteiger partial charge is 0.399 e. The van der Waals surface area contributed by atoms with Crippen molar-refractivity contribution in [1.82, 2.24) is 10.3 Å². The lowest BCUT2D eigenvalue weighted by atomic mass is 9.67. The van der Waals surface area contributed by atoms with Gasteiger partial charge in [0.05, 0.1) is 10.7 Å². The van der Waals surface area contributed by atoms with Crippen LogP contribution in [0.2, 0.25) is 0 Å². The molecule has 1 saturated carbocycles. The predicted octanol–water partition coefficient (Wildman–Crippen LogP) is 3.69. The Bertz CT molecular complexity index is 721.